The number of benzene rings is 1. The summed E-state index contributed by atoms with van der Waals surface area (Å²) in [4.78, 5) is 0.200. The Morgan fingerprint density at radius 2 is 1.78 bits per heavy atom. The smallest absolute Gasteiger partial charge is 0.240 e. The number of ether oxygens (including phenoxy) is 2. The van der Waals surface area contributed by atoms with Crippen molar-refractivity contribution in [2.24, 2.45) is 11.3 Å². The molecule has 1 fully saturated rings. The molecule has 1 aliphatic carbocycles. The van der Waals surface area contributed by atoms with Crippen LogP contribution in [0, 0.1) is 11.3 Å². The molecule has 2 atom stereocenters. The zero-order chi connectivity index (χ0) is 17.3. The summed E-state index contributed by atoms with van der Waals surface area (Å²) in [7, 11) is -0.560. The van der Waals surface area contributed by atoms with Crippen molar-refractivity contribution >= 4 is 10.0 Å². The van der Waals surface area contributed by atoms with E-state index in [1.807, 2.05) is 0 Å². The van der Waals surface area contributed by atoms with Gasteiger partial charge < -0.3 is 9.47 Å². The minimum Gasteiger partial charge on any atom is -0.493 e. The Balaban J connectivity index is 2.22. The fraction of sp³-hybridized carbons (Fsp3) is 0.647. The molecule has 1 aliphatic rings. The van der Waals surface area contributed by atoms with Crippen molar-refractivity contribution in [1.29, 1.82) is 0 Å². The fourth-order valence-corrected chi connectivity index (χ4v) is 4.97. The maximum Gasteiger partial charge on any atom is 0.240 e. The van der Waals surface area contributed by atoms with Crippen LogP contribution in [-0.2, 0) is 10.0 Å². The van der Waals surface area contributed by atoms with Crippen LogP contribution in [0.15, 0.2) is 23.1 Å². The minimum atomic E-state index is -3.58. The van der Waals surface area contributed by atoms with Crippen molar-refractivity contribution in [3.63, 3.8) is 0 Å². The largest absolute Gasteiger partial charge is 0.493 e. The molecule has 0 amide bonds. The van der Waals surface area contributed by atoms with Crippen LogP contribution < -0.4 is 14.2 Å². The minimum absolute atomic E-state index is 0.0353. The highest BCUT2D eigenvalue weighted by atomic mass is 32.2. The van der Waals surface area contributed by atoms with Gasteiger partial charge in [0.2, 0.25) is 10.0 Å². The number of sulfonamides is 1. The van der Waals surface area contributed by atoms with Gasteiger partial charge in [0.25, 0.3) is 0 Å². The first-order chi connectivity index (χ1) is 10.7. The Bertz CT molecular complexity index is 655. The molecule has 1 saturated carbocycles. The van der Waals surface area contributed by atoms with Crippen molar-refractivity contribution in [3.05, 3.63) is 18.2 Å². The van der Waals surface area contributed by atoms with Gasteiger partial charge in [-0.05, 0) is 42.7 Å². The van der Waals surface area contributed by atoms with E-state index >= 15 is 0 Å². The normalized spacial score (nSPS) is 24.2. The van der Waals surface area contributed by atoms with Crippen LogP contribution >= 0.6 is 0 Å². The molecule has 2 unspecified atom stereocenters. The highest BCUT2D eigenvalue weighted by molar-refractivity contribution is 7.89. The first kappa shape index (κ1) is 18.1. The van der Waals surface area contributed by atoms with Crippen molar-refractivity contribution in [1.82, 2.24) is 4.72 Å². The van der Waals surface area contributed by atoms with E-state index in [0.717, 1.165) is 19.3 Å². The van der Waals surface area contributed by atoms with E-state index in [2.05, 4.69) is 25.5 Å². The summed E-state index contributed by atoms with van der Waals surface area (Å²) in [5, 5.41) is 0. The van der Waals surface area contributed by atoms with E-state index < -0.39 is 10.0 Å². The fourth-order valence-electron chi connectivity index (χ4n) is 3.71. The zero-order valence-electron chi connectivity index (χ0n) is 14.5. The van der Waals surface area contributed by atoms with Crippen LogP contribution in [0.3, 0.4) is 0 Å². The summed E-state index contributed by atoms with van der Waals surface area (Å²) >= 11 is 0. The average molecular weight is 341 g/mol. The molecule has 130 valence electrons. The molecular formula is C17H27NO4S. The van der Waals surface area contributed by atoms with Gasteiger partial charge in [0.05, 0.1) is 19.1 Å². The maximum atomic E-state index is 12.7. The number of nitrogens with one attached hydrogen (secondary N) is 1. The van der Waals surface area contributed by atoms with Gasteiger partial charge in [0, 0.05) is 12.1 Å². The van der Waals surface area contributed by atoms with Crippen LogP contribution in [0.1, 0.15) is 40.0 Å². The lowest BCUT2D eigenvalue weighted by molar-refractivity contribution is 0.163. The molecule has 0 heterocycles. The standard InChI is InChI=1S/C17H27NO4S/c1-12-8-13(11-17(2,3)10-12)18-23(19,20)14-6-7-15(21-4)16(9-14)22-5/h6-7,9,12-13,18H,8,10-11H2,1-5H3. The highest BCUT2D eigenvalue weighted by Gasteiger charge is 2.34. The number of methoxy groups -OCH3 is 2. The Hall–Kier alpha value is -1.27. The average Bonchev–Trinajstić information content (AvgIpc) is 2.43. The highest BCUT2D eigenvalue weighted by Crippen LogP contribution is 2.39. The lowest BCUT2D eigenvalue weighted by Crippen LogP contribution is -2.42. The molecule has 1 N–H and O–H groups in total. The third kappa shape index (κ3) is 4.38. The molecule has 0 aromatic heterocycles. The van der Waals surface area contributed by atoms with Crippen molar-refractivity contribution < 1.29 is 17.9 Å². The van der Waals surface area contributed by atoms with E-state index in [0.29, 0.717) is 17.4 Å². The van der Waals surface area contributed by atoms with Gasteiger partial charge in [0.1, 0.15) is 0 Å². The molecule has 0 bridgehead atoms. The summed E-state index contributed by atoms with van der Waals surface area (Å²) in [6, 6.07) is 4.62. The van der Waals surface area contributed by atoms with Crippen molar-refractivity contribution in [2.75, 3.05) is 14.2 Å². The number of hydrogen-bond acceptors (Lipinski definition) is 4. The second-order valence-corrected chi connectivity index (χ2v) is 8.96. The molecular weight excluding hydrogens is 314 g/mol. The predicted molar refractivity (Wildman–Crippen MR) is 90.5 cm³/mol. The topological polar surface area (TPSA) is 64.6 Å². The van der Waals surface area contributed by atoms with Gasteiger partial charge in [-0.25, -0.2) is 13.1 Å². The number of hydrogen-bond donors (Lipinski definition) is 1. The summed E-state index contributed by atoms with van der Waals surface area (Å²) in [6.45, 7) is 6.57. The van der Waals surface area contributed by atoms with E-state index in [-0.39, 0.29) is 16.4 Å². The molecule has 23 heavy (non-hydrogen) atoms. The van der Waals surface area contributed by atoms with E-state index in [9.17, 15) is 8.42 Å². The van der Waals surface area contributed by atoms with Crippen LogP contribution in [-0.4, -0.2) is 28.7 Å². The third-order valence-electron chi connectivity index (χ3n) is 4.37. The van der Waals surface area contributed by atoms with Crippen molar-refractivity contribution in [3.8, 4) is 11.5 Å². The van der Waals surface area contributed by atoms with Crippen molar-refractivity contribution in [2.45, 2.75) is 51.0 Å². The lowest BCUT2D eigenvalue weighted by Gasteiger charge is -2.39. The van der Waals surface area contributed by atoms with E-state index in [4.69, 9.17) is 9.47 Å². The Labute approximate surface area is 139 Å². The summed E-state index contributed by atoms with van der Waals surface area (Å²) in [6.07, 6.45) is 2.85. The first-order valence-corrected chi connectivity index (χ1v) is 9.39. The molecule has 2 rings (SSSR count). The Kier molecular flexibility index (Phi) is 5.26. The Morgan fingerprint density at radius 1 is 1.13 bits per heavy atom. The predicted octanol–water partition coefficient (Wildman–Crippen LogP) is 3.20. The van der Waals surface area contributed by atoms with Crippen LogP contribution in [0.25, 0.3) is 0 Å². The molecule has 0 aliphatic heterocycles. The number of rotatable bonds is 5. The first-order valence-electron chi connectivity index (χ1n) is 7.91. The SMILES string of the molecule is COc1ccc(S(=O)(=O)NC2CC(C)CC(C)(C)C2)cc1OC. The molecule has 0 radical (unpaired) electrons. The maximum absolute atomic E-state index is 12.7. The second kappa shape index (κ2) is 6.69. The molecule has 5 nitrogen and oxygen atoms in total. The molecule has 1 aromatic rings. The molecule has 0 spiro atoms. The lowest BCUT2D eigenvalue weighted by atomic mass is 9.71. The van der Waals surface area contributed by atoms with Crippen LogP contribution in [0.5, 0.6) is 11.5 Å². The Morgan fingerprint density at radius 3 is 2.35 bits per heavy atom. The van der Waals surface area contributed by atoms with Crippen LogP contribution in [0.2, 0.25) is 0 Å². The summed E-state index contributed by atoms with van der Waals surface area (Å²) in [5.74, 6) is 1.43. The van der Waals surface area contributed by atoms with Crippen LogP contribution in [0.4, 0.5) is 0 Å². The monoisotopic (exact) mass is 341 g/mol. The summed E-state index contributed by atoms with van der Waals surface area (Å²) in [5.41, 5.74) is 0.155. The quantitative estimate of drug-likeness (QED) is 0.893. The molecule has 1 aromatic carbocycles. The van der Waals surface area contributed by atoms with Gasteiger partial charge in [-0.2, -0.15) is 0 Å². The van der Waals surface area contributed by atoms with Gasteiger partial charge in [-0.1, -0.05) is 20.8 Å². The molecule has 0 saturated heterocycles. The second-order valence-electron chi connectivity index (χ2n) is 7.25. The van der Waals surface area contributed by atoms with Gasteiger partial charge in [0.15, 0.2) is 11.5 Å². The van der Waals surface area contributed by atoms with E-state index in [1.54, 1.807) is 12.1 Å². The third-order valence-corrected chi connectivity index (χ3v) is 5.89. The zero-order valence-corrected chi connectivity index (χ0v) is 15.4. The summed E-state index contributed by atoms with van der Waals surface area (Å²) < 4.78 is 38.6. The van der Waals surface area contributed by atoms with Gasteiger partial charge in [-0.15, -0.1) is 0 Å². The van der Waals surface area contributed by atoms with E-state index in [1.165, 1.54) is 20.3 Å². The van der Waals surface area contributed by atoms with Gasteiger partial charge >= 0.3 is 0 Å². The molecule has 6 heteroatoms. The van der Waals surface area contributed by atoms with Gasteiger partial charge in [-0.3, -0.25) is 0 Å².